The van der Waals surface area contributed by atoms with Gasteiger partial charge in [0.1, 0.15) is 0 Å². The Morgan fingerprint density at radius 2 is 1.15 bits per heavy atom. The summed E-state index contributed by atoms with van der Waals surface area (Å²) in [6.07, 6.45) is 7.22. The van der Waals surface area contributed by atoms with Crippen molar-refractivity contribution < 1.29 is 0 Å². The second-order valence-electron chi connectivity index (χ2n) is 9.78. The first-order valence-electron chi connectivity index (χ1n) is 13.5. The molecule has 0 bridgehead atoms. The Morgan fingerprint density at radius 3 is 1.76 bits per heavy atom. The molecule has 0 aliphatic heterocycles. The van der Waals surface area contributed by atoms with Crippen molar-refractivity contribution in [3.05, 3.63) is 152 Å². The number of nitrogens with zero attached hydrogens (tertiary/aromatic N) is 4. The predicted molar refractivity (Wildman–Crippen MR) is 170 cm³/mol. The third-order valence-corrected chi connectivity index (χ3v) is 7.00. The summed E-state index contributed by atoms with van der Waals surface area (Å²) >= 11 is 0. The van der Waals surface area contributed by atoms with Gasteiger partial charge in [-0.15, -0.1) is 0 Å². The van der Waals surface area contributed by atoms with Crippen molar-refractivity contribution in [1.82, 2.24) is 19.9 Å². The molecule has 0 amide bonds. The highest BCUT2D eigenvalue weighted by atomic mass is 15.0. The van der Waals surface area contributed by atoms with E-state index >= 15 is 0 Å². The average molecular weight is 529 g/mol. The summed E-state index contributed by atoms with van der Waals surface area (Å²) in [7, 11) is 0. The molecule has 0 atom stereocenters. The average Bonchev–Trinajstić information content (AvgIpc) is 3.03. The normalized spacial score (nSPS) is 11.4. The zero-order chi connectivity index (χ0) is 28.2. The van der Waals surface area contributed by atoms with Crippen LogP contribution in [0.15, 0.2) is 141 Å². The van der Waals surface area contributed by atoms with Gasteiger partial charge in [-0.3, -0.25) is 4.98 Å². The number of benzene rings is 4. The van der Waals surface area contributed by atoms with Gasteiger partial charge >= 0.3 is 0 Å². The summed E-state index contributed by atoms with van der Waals surface area (Å²) in [6.45, 7) is 9.76. The molecule has 4 nitrogen and oxygen atoms in total. The second kappa shape index (κ2) is 11.3. The van der Waals surface area contributed by atoms with Crippen LogP contribution in [0.5, 0.6) is 0 Å². The van der Waals surface area contributed by atoms with Gasteiger partial charge in [-0.2, -0.15) is 0 Å². The maximum absolute atomic E-state index is 4.81. The van der Waals surface area contributed by atoms with E-state index in [1.54, 1.807) is 12.2 Å². The first-order chi connectivity index (χ1) is 20.1. The Bertz CT molecular complexity index is 1900. The minimum absolute atomic E-state index is 0.559. The molecule has 2 heterocycles. The van der Waals surface area contributed by atoms with Crippen LogP contribution in [0.3, 0.4) is 0 Å². The summed E-state index contributed by atoms with van der Waals surface area (Å²) in [5, 5.41) is 2.35. The minimum Gasteiger partial charge on any atom is -0.261 e. The van der Waals surface area contributed by atoms with E-state index in [0.717, 1.165) is 38.9 Å². The summed E-state index contributed by atoms with van der Waals surface area (Å²) in [6, 6.07) is 35.6. The molecule has 0 aliphatic rings. The van der Waals surface area contributed by atoms with Crippen LogP contribution in [-0.4, -0.2) is 19.9 Å². The molecule has 6 aromatic rings. The van der Waals surface area contributed by atoms with Gasteiger partial charge in [0.25, 0.3) is 0 Å². The molecule has 196 valence electrons. The van der Waals surface area contributed by atoms with Crippen LogP contribution in [0.4, 0.5) is 0 Å². The Hall–Kier alpha value is -5.48. The first-order valence-corrected chi connectivity index (χ1v) is 13.5. The molecule has 0 N–H and O–H groups in total. The van der Waals surface area contributed by atoms with E-state index in [2.05, 4.69) is 90.9 Å². The van der Waals surface area contributed by atoms with E-state index in [-0.39, 0.29) is 0 Å². The lowest BCUT2D eigenvalue weighted by Gasteiger charge is -2.10. The van der Waals surface area contributed by atoms with Gasteiger partial charge in [0.05, 0.1) is 0 Å². The number of hydrogen-bond acceptors (Lipinski definition) is 4. The lowest BCUT2D eigenvalue weighted by molar-refractivity contribution is 1.04. The van der Waals surface area contributed by atoms with E-state index < -0.39 is 0 Å². The molecule has 0 aliphatic carbocycles. The number of aryl methyl sites for hydroxylation is 1. The number of pyridine rings is 1. The molecule has 6 rings (SSSR count). The van der Waals surface area contributed by atoms with Crippen molar-refractivity contribution in [1.29, 1.82) is 0 Å². The number of rotatable bonds is 7. The minimum atomic E-state index is 0.559. The summed E-state index contributed by atoms with van der Waals surface area (Å²) < 4.78 is 0. The number of hydrogen-bond donors (Lipinski definition) is 0. The zero-order valence-electron chi connectivity index (χ0n) is 22.8. The van der Waals surface area contributed by atoms with Crippen molar-refractivity contribution in [2.75, 3.05) is 0 Å². The SMILES string of the molecule is C=C/C=C(\C=C)c1nc(-c2ccccc2)nc(-c2ccc(-c3ccc(-c4ccc5cnc(C)cc5c4)cc3)cc2)n1. The van der Waals surface area contributed by atoms with Crippen LogP contribution in [0, 0.1) is 6.92 Å². The van der Waals surface area contributed by atoms with E-state index in [9.17, 15) is 0 Å². The van der Waals surface area contributed by atoms with E-state index in [1.807, 2.05) is 49.5 Å². The molecule has 0 saturated heterocycles. The fourth-order valence-electron chi connectivity index (χ4n) is 4.81. The zero-order valence-corrected chi connectivity index (χ0v) is 22.8. The number of fused-ring (bicyclic) bond motifs is 1. The van der Waals surface area contributed by atoms with E-state index in [1.165, 1.54) is 16.5 Å². The van der Waals surface area contributed by atoms with Gasteiger partial charge in [0.15, 0.2) is 17.5 Å². The molecule has 41 heavy (non-hydrogen) atoms. The maximum atomic E-state index is 4.81. The quantitative estimate of drug-likeness (QED) is 0.194. The maximum Gasteiger partial charge on any atom is 0.164 e. The highest BCUT2D eigenvalue weighted by Crippen LogP contribution is 2.29. The fraction of sp³-hybridized carbons (Fsp3) is 0.0270. The molecule has 2 aromatic heterocycles. The van der Waals surface area contributed by atoms with Crippen LogP contribution in [-0.2, 0) is 0 Å². The van der Waals surface area contributed by atoms with Gasteiger partial charge in [-0.05, 0) is 46.7 Å². The molecule has 0 unspecified atom stereocenters. The molecule has 0 radical (unpaired) electrons. The smallest absolute Gasteiger partial charge is 0.164 e. The van der Waals surface area contributed by atoms with Crippen molar-refractivity contribution in [3.8, 4) is 45.0 Å². The third kappa shape index (κ3) is 5.49. The van der Waals surface area contributed by atoms with Gasteiger partial charge in [-0.25, -0.2) is 15.0 Å². The summed E-state index contributed by atoms with van der Waals surface area (Å²) in [4.78, 5) is 18.7. The summed E-state index contributed by atoms with van der Waals surface area (Å²) in [5.74, 6) is 1.78. The predicted octanol–water partition coefficient (Wildman–Crippen LogP) is 9.15. The number of allylic oxidation sites excluding steroid dienone is 4. The molecule has 0 fully saturated rings. The second-order valence-corrected chi connectivity index (χ2v) is 9.78. The van der Waals surface area contributed by atoms with Crippen molar-refractivity contribution >= 4 is 16.3 Å². The van der Waals surface area contributed by atoms with Crippen LogP contribution < -0.4 is 0 Å². The summed E-state index contributed by atoms with van der Waals surface area (Å²) in [5.41, 5.74) is 8.28. The van der Waals surface area contributed by atoms with Crippen molar-refractivity contribution in [2.45, 2.75) is 6.92 Å². The largest absolute Gasteiger partial charge is 0.261 e. The highest BCUT2D eigenvalue weighted by molar-refractivity contribution is 5.87. The Morgan fingerprint density at radius 1 is 0.585 bits per heavy atom. The van der Waals surface area contributed by atoms with Crippen molar-refractivity contribution in [2.24, 2.45) is 0 Å². The van der Waals surface area contributed by atoms with E-state index in [4.69, 9.17) is 15.0 Å². The lowest BCUT2D eigenvalue weighted by atomic mass is 9.98. The fourth-order valence-corrected chi connectivity index (χ4v) is 4.81. The molecule has 4 aromatic carbocycles. The highest BCUT2D eigenvalue weighted by Gasteiger charge is 2.12. The molecule has 4 heteroatoms. The Balaban J connectivity index is 1.31. The topological polar surface area (TPSA) is 51.6 Å². The third-order valence-electron chi connectivity index (χ3n) is 7.00. The standard InChI is InChI=1S/C37H28N4/c1-4-9-26(5-2)35-39-36(30-10-7-6-8-11-30)41-37(40-35)31-18-16-28(17-19-31)27-12-14-29(15-13-27)32-20-21-33-24-38-25(3)22-34(33)23-32/h4-24H,1-2H2,3H3/b26-9+. The molecular formula is C37H28N4. The van der Waals surface area contributed by atoms with Crippen molar-refractivity contribution in [3.63, 3.8) is 0 Å². The van der Waals surface area contributed by atoms with Gasteiger partial charge in [0.2, 0.25) is 0 Å². The molecular weight excluding hydrogens is 500 g/mol. The Labute approximate surface area is 240 Å². The van der Waals surface area contributed by atoms with Crippen LogP contribution in [0.2, 0.25) is 0 Å². The molecule has 0 spiro atoms. The molecule has 0 saturated carbocycles. The number of aromatic nitrogens is 4. The monoisotopic (exact) mass is 528 g/mol. The van der Waals surface area contributed by atoms with Gasteiger partial charge < -0.3 is 0 Å². The lowest BCUT2D eigenvalue weighted by Crippen LogP contribution is -2.02. The van der Waals surface area contributed by atoms with Crippen LogP contribution in [0.1, 0.15) is 11.5 Å². The van der Waals surface area contributed by atoms with Gasteiger partial charge in [0, 0.05) is 34.0 Å². The van der Waals surface area contributed by atoms with Crippen LogP contribution >= 0.6 is 0 Å². The Kier molecular flexibility index (Phi) is 7.12. The van der Waals surface area contributed by atoms with Gasteiger partial charge in [-0.1, -0.05) is 122 Å². The van der Waals surface area contributed by atoms with E-state index in [0.29, 0.717) is 17.5 Å². The van der Waals surface area contributed by atoms with Crippen LogP contribution in [0.25, 0.3) is 61.4 Å². The first kappa shape index (κ1) is 25.8.